The summed E-state index contributed by atoms with van der Waals surface area (Å²) >= 11 is 0. The second-order valence-corrected chi connectivity index (χ2v) is 14.5. The highest BCUT2D eigenvalue weighted by Crippen LogP contribution is 2.69. The van der Waals surface area contributed by atoms with Gasteiger partial charge >= 0.3 is 5.97 Å². The Bertz CT molecular complexity index is 1240. The molecule has 0 unspecified atom stereocenters. The van der Waals surface area contributed by atoms with E-state index in [-0.39, 0.29) is 23.4 Å². The zero-order valence-electron chi connectivity index (χ0n) is 25.7. The summed E-state index contributed by atoms with van der Waals surface area (Å²) in [6.45, 7) is 12.0. The van der Waals surface area contributed by atoms with Crippen molar-refractivity contribution in [2.24, 2.45) is 40.4 Å². The standard InChI is InChI=1S/C36H49NO4/c1-22(21-37-24(3)38)11-14-31-23(2)33-32(41-31)20-30-28-13-12-26-19-27(40-34(39)25-9-7-6-8-10-25)15-17-35(26,4)29(28)16-18-36(30,33)5/h6-10,12,22,27-30,32-33H,11,13-21H2,1-5H3,(H,37,38)/t22-,27+,28-,29+,30+,32-,33+,35+,36+/m1/s1. The van der Waals surface area contributed by atoms with Gasteiger partial charge in [-0.05, 0) is 104 Å². The third kappa shape index (κ3) is 5.06. The summed E-state index contributed by atoms with van der Waals surface area (Å²) in [6, 6.07) is 9.40. The van der Waals surface area contributed by atoms with Gasteiger partial charge in [0.2, 0.25) is 5.91 Å². The minimum Gasteiger partial charge on any atom is -0.494 e. The van der Waals surface area contributed by atoms with Crippen molar-refractivity contribution in [1.29, 1.82) is 0 Å². The first-order valence-corrected chi connectivity index (χ1v) is 16.2. The number of benzene rings is 1. The number of hydrogen-bond donors (Lipinski definition) is 1. The van der Waals surface area contributed by atoms with Crippen LogP contribution in [0.5, 0.6) is 0 Å². The number of esters is 1. The van der Waals surface area contributed by atoms with Gasteiger partial charge in [0.05, 0.1) is 11.3 Å². The van der Waals surface area contributed by atoms with Crippen LogP contribution in [0.2, 0.25) is 0 Å². The lowest BCUT2D eigenvalue weighted by Gasteiger charge is -2.58. The Morgan fingerprint density at radius 2 is 1.90 bits per heavy atom. The topological polar surface area (TPSA) is 64.6 Å². The van der Waals surface area contributed by atoms with Crippen molar-refractivity contribution < 1.29 is 19.1 Å². The van der Waals surface area contributed by atoms with Crippen LogP contribution in [0, 0.1) is 40.4 Å². The lowest BCUT2D eigenvalue weighted by molar-refractivity contribution is -0.119. The average Bonchev–Trinajstić information content (AvgIpc) is 3.44. The molecule has 1 aromatic rings. The van der Waals surface area contributed by atoms with E-state index in [0.717, 1.165) is 45.1 Å². The van der Waals surface area contributed by atoms with Gasteiger partial charge in [-0.3, -0.25) is 4.79 Å². The minimum absolute atomic E-state index is 0.0150. The Kier molecular flexibility index (Phi) is 7.61. The number of carbonyl (C=O) groups excluding carboxylic acids is 2. The molecular formula is C36H49NO4. The molecule has 1 amide bonds. The van der Waals surface area contributed by atoms with Crippen molar-refractivity contribution in [2.75, 3.05) is 6.54 Å². The molecule has 5 heteroatoms. The fourth-order valence-electron chi connectivity index (χ4n) is 9.90. The fraction of sp³-hybridized carbons (Fsp3) is 0.667. The van der Waals surface area contributed by atoms with Crippen molar-refractivity contribution in [2.45, 2.75) is 105 Å². The first-order chi connectivity index (χ1) is 19.6. The first-order valence-electron chi connectivity index (χ1n) is 16.2. The number of fused-ring (bicyclic) bond motifs is 7. The summed E-state index contributed by atoms with van der Waals surface area (Å²) in [7, 11) is 0. The zero-order valence-corrected chi connectivity index (χ0v) is 25.7. The fourth-order valence-corrected chi connectivity index (χ4v) is 9.90. The van der Waals surface area contributed by atoms with Gasteiger partial charge in [0.15, 0.2) is 0 Å². The van der Waals surface area contributed by atoms with E-state index in [1.807, 2.05) is 30.3 Å². The summed E-state index contributed by atoms with van der Waals surface area (Å²) in [5.41, 5.74) is 4.22. The molecule has 9 atom stereocenters. The average molecular weight is 560 g/mol. The van der Waals surface area contributed by atoms with Gasteiger partial charge < -0.3 is 14.8 Å². The molecule has 41 heavy (non-hydrogen) atoms. The molecule has 222 valence electrons. The molecule has 5 aliphatic rings. The number of nitrogens with one attached hydrogen (secondary N) is 1. The third-order valence-corrected chi connectivity index (χ3v) is 12.1. The molecule has 1 heterocycles. The number of hydrogen-bond acceptors (Lipinski definition) is 4. The van der Waals surface area contributed by atoms with Crippen molar-refractivity contribution in [3.63, 3.8) is 0 Å². The lowest BCUT2D eigenvalue weighted by Crippen LogP contribution is -2.50. The maximum absolute atomic E-state index is 12.7. The van der Waals surface area contributed by atoms with Crippen molar-refractivity contribution >= 4 is 11.9 Å². The van der Waals surface area contributed by atoms with Crippen LogP contribution in [-0.4, -0.2) is 30.6 Å². The molecule has 0 aromatic heterocycles. The molecule has 0 saturated heterocycles. The lowest BCUT2D eigenvalue weighted by atomic mass is 9.47. The summed E-state index contributed by atoms with van der Waals surface area (Å²) < 4.78 is 12.8. The van der Waals surface area contributed by atoms with Gasteiger partial charge in [0, 0.05) is 32.2 Å². The smallest absolute Gasteiger partial charge is 0.338 e. The molecule has 1 aliphatic heterocycles. The second-order valence-electron chi connectivity index (χ2n) is 14.5. The monoisotopic (exact) mass is 559 g/mol. The predicted molar refractivity (Wildman–Crippen MR) is 161 cm³/mol. The molecule has 3 fully saturated rings. The van der Waals surface area contributed by atoms with E-state index >= 15 is 0 Å². The van der Waals surface area contributed by atoms with Crippen LogP contribution in [0.4, 0.5) is 0 Å². The molecule has 4 aliphatic carbocycles. The maximum atomic E-state index is 12.7. The van der Waals surface area contributed by atoms with Gasteiger partial charge in [-0.1, -0.05) is 50.6 Å². The molecule has 0 bridgehead atoms. The summed E-state index contributed by atoms with van der Waals surface area (Å²) in [5, 5.41) is 2.96. The van der Waals surface area contributed by atoms with Crippen LogP contribution in [0.1, 0.15) is 103 Å². The Labute approximate surface area is 246 Å². The minimum atomic E-state index is -0.190. The Hall–Kier alpha value is -2.56. The highest BCUT2D eigenvalue weighted by molar-refractivity contribution is 5.89. The second kappa shape index (κ2) is 10.9. The van der Waals surface area contributed by atoms with Gasteiger partial charge in [-0.15, -0.1) is 0 Å². The van der Waals surface area contributed by atoms with Crippen LogP contribution < -0.4 is 5.32 Å². The van der Waals surface area contributed by atoms with Crippen LogP contribution in [0.3, 0.4) is 0 Å². The van der Waals surface area contributed by atoms with Crippen LogP contribution in [0.15, 0.2) is 53.3 Å². The van der Waals surface area contributed by atoms with Crippen molar-refractivity contribution in [3.05, 3.63) is 58.9 Å². The molecule has 0 spiro atoms. The first kappa shape index (κ1) is 28.6. The Morgan fingerprint density at radius 1 is 1.12 bits per heavy atom. The van der Waals surface area contributed by atoms with E-state index in [4.69, 9.17) is 9.47 Å². The van der Waals surface area contributed by atoms with Crippen LogP contribution in [0.25, 0.3) is 0 Å². The Balaban J connectivity index is 1.12. The highest BCUT2D eigenvalue weighted by atomic mass is 16.5. The van der Waals surface area contributed by atoms with Crippen LogP contribution >= 0.6 is 0 Å². The van der Waals surface area contributed by atoms with Crippen molar-refractivity contribution in [1.82, 2.24) is 5.32 Å². The SMILES string of the molecule is CC(=O)NC[C@H](C)CCC1=C(C)[C@H]2[C@@H](C[C@H]3[C@@H]4CC=C5C[C@@H](OC(=O)c6ccccc6)CC[C@]5(C)[C@H]4CC[C@@]32C)O1. The van der Waals surface area contributed by atoms with E-state index in [0.29, 0.717) is 46.7 Å². The van der Waals surface area contributed by atoms with E-state index in [2.05, 4.69) is 39.1 Å². The molecule has 0 radical (unpaired) electrons. The van der Waals surface area contributed by atoms with E-state index in [1.165, 1.54) is 30.6 Å². The van der Waals surface area contributed by atoms with Gasteiger partial charge in [-0.2, -0.15) is 0 Å². The molecular weight excluding hydrogens is 510 g/mol. The normalized spacial score (nSPS) is 38.0. The number of ether oxygens (including phenoxy) is 2. The molecule has 5 nitrogen and oxygen atoms in total. The summed E-state index contributed by atoms with van der Waals surface area (Å²) in [6.07, 6.45) is 12.8. The molecule has 1 aromatic carbocycles. The highest BCUT2D eigenvalue weighted by Gasteiger charge is 2.63. The Morgan fingerprint density at radius 3 is 2.66 bits per heavy atom. The molecule has 1 N–H and O–H groups in total. The predicted octanol–water partition coefficient (Wildman–Crippen LogP) is 7.63. The summed E-state index contributed by atoms with van der Waals surface area (Å²) in [4.78, 5) is 24.0. The van der Waals surface area contributed by atoms with E-state index in [9.17, 15) is 9.59 Å². The third-order valence-electron chi connectivity index (χ3n) is 12.1. The van der Waals surface area contributed by atoms with E-state index < -0.39 is 0 Å². The molecule has 6 rings (SSSR count). The van der Waals surface area contributed by atoms with Gasteiger partial charge in [0.25, 0.3) is 0 Å². The largest absolute Gasteiger partial charge is 0.494 e. The van der Waals surface area contributed by atoms with Crippen LogP contribution in [-0.2, 0) is 14.3 Å². The number of carbonyl (C=O) groups is 2. The van der Waals surface area contributed by atoms with Gasteiger partial charge in [-0.25, -0.2) is 4.79 Å². The zero-order chi connectivity index (χ0) is 28.9. The quantitative estimate of drug-likeness (QED) is 0.276. The van der Waals surface area contributed by atoms with Crippen molar-refractivity contribution in [3.8, 4) is 0 Å². The summed E-state index contributed by atoms with van der Waals surface area (Å²) in [5.74, 6) is 4.21. The number of allylic oxidation sites excluding steroid dienone is 2. The number of rotatable bonds is 7. The van der Waals surface area contributed by atoms with Gasteiger partial charge in [0.1, 0.15) is 12.2 Å². The maximum Gasteiger partial charge on any atom is 0.338 e. The number of amides is 1. The van der Waals surface area contributed by atoms with E-state index in [1.54, 1.807) is 12.5 Å². The molecule has 3 saturated carbocycles.